The topological polar surface area (TPSA) is 66.5 Å². The highest BCUT2D eigenvalue weighted by atomic mass is 35.5. The highest BCUT2D eigenvalue weighted by molar-refractivity contribution is 7.92. The van der Waals surface area contributed by atoms with Gasteiger partial charge in [0.25, 0.3) is 0 Å². The number of carbonyl (C=O) groups is 1. The van der Waals surface area contributed by atoms with Crippen molar-refractivity contribution < 1.29 is 17.6 Å². The third-order valence-electron chi connectivity index (χ3n) is 3.41. The Labute approximate surface area is 151 Å². The molecule has 8 heteroatoms. The van der Waals surface area contributed by atoms with Crippen molar-refractivity contribution in [1.29, 1.82) is 0 Å². The van der Waals surface area contributed by atoms with Crippen LogP contribution in [-0.2, 0) is 21.2 Å². The molecule has 1 N–H and O–H groups in total. The monoisotopic (exact) mass is 384 g/mol. The quantitative estimate of drug-likeness (QED) is 0.798. The number of hydrogen-bond donors (Lipinski definition) is 1. The van der Waals surface area contributed by atoms with E-state index in [0.717, 1.165) is 6.26 Å². The van der Waals surface area contributed by atoms with Crippen LogP contribution in [0.25, 0.3) is 0 Å². The molecule has 0 aliphatic rings. The van der Waals surface area contributed by atoms with E-state index >= 15 is 0 Å². The summed E-state index contributed by atoms with van der Waals surface area (Å²) in [4.78, 5) is 11.9. The van der Waals surface area contributed by atoms with E-state index in [9.17, 15) is 17.6 Å². The van der Waals surface area contributed by atoms with Crippen LogP contribution in [0.15, 0.2) is 48.5 Å². The van der Waals surface area contributed by atoms with Crippen LogP contribution < -0.4 is 9.62 Å². The summed E-state index contributed by atoms with van der Waals surface area (Å²) in [5.74, 6) is -0.716. The number of amides is 1. The van der Waals surface area contributed by atoms with Gasteiger partial charge in [-0.05, 0) is 42.0 Å². The first-order chi connectivity index (χ1) is 11.8. The van der Waals surface area contributed by atoms with Crippen LogP contribution in [0.1, 0.15) is 5.56 Å². The molecule has 0 spiro atoms. The van der Waals surface area contributed by atoms with Crippen LogP contribution in [0.5, 0.6) is 0 Å². The molecule has 0 fully saturated rings. The average molecular weight is 385 g/mol. The molecule has 2 rings (SSSR count). The van der Waals surface area contributed by atoms with E-state index in [-0.39, 0.29) is 25.4 Å². The maximum atomic E-state index is 13.1. The highest BCUT2D eigenvalue weighted by Crippen LogP contribution is 2.19. The third kappa shape index (κ3) is 6.03. The molecule has 0 bridgehead atoms. The van der Waals surface area contributed by atoms with Gasteiger partial charge in [0.05, 0.1) is 24.9 Å². The maximum Gasteiger partial charge on any atom is 0.232 e. The van der Waals surface area contributed by atoms with Crippen LogP contribution >= 0.6 is 11.6 Å². The molecule has 134 valence electrons. The molecule has 5 nitrogen and oxygen atoms in total. The molecular formula is C17H18ClFN2O3S. The van der Waals surface area contributed by atoms with E-state index in [1.807, 2.05) is 0 Å². The number of nitrogens with zero attached hydrogens (tertiary/aromatic N) is 1. The standard InChI is InChI=1S/C17H18ClFN2O3S/c1-25(23,24)21(16-7-5-14(18)6-8-16)10-9-20-17(22)12-13-3-2-4-15(19)11-13/h2-8,11H,9-10,12H2,1H3,(H,20,22). The zero-order valence-electron chi connectivity index (χ0n) is 13.6. The molecule has 0 atom stereocenters. The van der Waals surface area contributed by atoms with Gasteiger partial charge in [-0.2, -0.15) is 0 Å². The number of nitrogens with one attached hydrogen (secondary N) is 1. The highest BCUT2D eigenvalue weighted by Gasteiger charge is 2.17. The molecule has 0 radical (unpaired) electrons. The molecule has 0 heterocycles. The second-order valence-corrected chi connectivity index (χ2v) is 7.81. The minimum Gasteiger partial charge on any atom is -0.354 e. The second kappa shape index (κ2) is 8.31. The Bertz CT molecular complexity index is 841. The predicted molar refractivity (Wildman–Crippen MR) is 96.8 cm³/mol. The zero-order valence-corrected chi connectivity index (χ0v) is 15.1. The fraction of sp³-hybridized carbons (Fsp3) is 0.235. The lowest BCUT2D eigenvalue weighted by Crippen LogP contribution is -2.38. The molecule has 0 aromatic heterocycles. The number of halogens is 2. The van der Waals surface area contributed by atoms with E-state index in [2.05, 4.69) is 5.32 Å². The number of carbonyl (C=O) groups excluding carboxylic acids is 1. The number of anilines is 1. The Balaban J connectivity index is 1.95. The molecule has 0 unspecified atom stereocenters. The van der Waals surface area contributed by atoms with Gasteiger partial charge in [0, 0.05) is 11.6 Å². The van der Waals surface area contributed by atoms with E-state index in [1.165, 1.54) is 22.5 Å². The maximum absolute atomic E-state index is 13.1. The lowest BCUT2D eigenvalue weighted by atomic mass is 10.1. The summed E-state index contributed by atoms with van der Waals surface area (Å²) in [7, 11) is -3.50. The minimum absolute atomic E-state index is 0.0254. The molecule has 0 aliphatic carbocycles. The molecule has 25 heavy (non-hydrogen) atoms. The average Bonchev–Trinajstić information content (AvgIpc) is 2.51. The minimum atomic E-state index is -3.50. The Morgan fingerprint density at radius 2 is 1.88 bits per heavy atom. The van der Waals surface area contributed by atoms with Gasteiger partial charge in [-0.15, -0.1) is 0 Å². The number of rotatable bonds is 7. The Morgan fingerprint density at radius 1 is 1.20 bits per heavy atom. The van der Waals surface area contributed by atoms with Crippen molar-refractivity contribution >= 4 is 33.2 Å². The first-order valence-electron chi connectivity index (χ1n) is 7.50. The molecule has 0 saturated carbocycles. The van der Waals surface area contributed by atoms with Crippen LogP contribution in [0.2, 0.25) is 5.02 Å². The smallest absolute Gasteiger partial charge is 0.232 e. The number of hydrogen-bond acceptors (Lipinski definition) is 3. The van der Waals surface area contributed by atoms with E-state index in [0.29, 0.717) is 16.3 Å². The number of benzene rings is 2. The molecule has 0 aliphatic heterocycles. The molecule has 1 amide bonds. The van der Waals surface area contributed by atoms with Gasteiger partial charge in [0.2, 0.25) is 15.9 Å². The van der Waals surface area contributed by atoms with Crippen molar-refractivity contribution in [2.45, 2.75) is 6.42 Å². The van der Waals surface area contributed by atoms with Crippen LogP contribution in [0.3, 0.4) is 0 Å². The third-order valence-corrected chi connectivity index (χ3v) is 4.85. The lowest BCUT2D eigenvalue weighted by molar-refractivity contribution is -0.120. The summed E-state index contributed by atoms with van der Waals surface area (Å²) in [6.45, 7) is 0.208. The lowest BCUT2D eigenvalue weighted by Gasteiger charge is -2.22. The largest absolute Gasteiger partial charge is 0.354 e. The van der Waals surface area contributed by atoms with Gasteiger partial charge in [0.1, 0.15) is 5.82 Å². The molecule has 0 saturated heterocycles. The Kier molecular flexibility index (Phi) is 6.39. The summed E-state index contributed by atoms with van der Waals surface area (Å²) < 4.78 is 38.2. The number of sulfonamides is 1. The van der Waals surface area contributed by atoms with Crippen LogP contribution in [0, 0.1) is 5.82 Å². The first kappa shape index (κ1) is 19.2. The van der Waals surface area contributed by atoms with Crippen LogP contribution in [-0.4, -0.2) is 33.7 Å². The van der Waals surface area contributed by atoms with Gasteiger partial charge in [-0.1, -0.05) is 23.7 Å². The van der Waals surface area contributed by atoms with Crippen molar-refractivity contribution in [2.24, 2.45) is 0 Å². The normalized spacial score (nSPS) is 11.2. The van der Waals surface area contributed by atoms with Crippen molar-refractivity contribution in [3.63, 3.8) is 0 Å². The van der Waals surface area contributed by atoms with Gasteiger partial charge in [-0.3, -0.25) is 9.10 Å². The molecule has 2 aromatic rings. The van der Waals surface area contributed by atoms with Crippen molar-refractivity contribution in [3.05, 3.63) is 64.9 Å². The SMILES string of the molecule is CS(=O)(=O)N(CCNC(=O)Cc1cccc(F)c1)c1ccc(Cl)cc1. The summed E-state index contributed by atoms with van der Waals surface area (Å²) in [6, 6.07) is 12.2. The predicted octanol–water partition coefficient (Wildman–Crippen LogP) is 2.60. The summed E-state index contributed by atoms with van der Waals surface area (Å²) in [5.41, 5.74) is 1.02. The van der Waals surface area contributed by atoms with Gasteiger partial charge < -0.3 is 5.32 Å². The van der Waals surface area contributed by atoms with E-state index in [4.69, 9.17) is 11.6 Å². The Morgan fingerprint density at radius 3 is 2.48 bits per heavy atom. The Hall–Kier alpha value is -2.12. The van der Waals surface area contributed by atoms with Gasteiger partial charge in [0.15, 0.2) is 0 Å². The summed E-state index contributed by atoms with van der Waals surface area (Å²) in [6.07, 6.45) is 1.12. The van der Waals surface area contributed by atoms with Gasteiger partial charge in [-0.25, -0.2) is 12.8 Å². The fourth-order valence-corrected chi connectivity index (χ4v) is 3.34. The van der Waals surface area contributed by atoms with Crippen molar-refractivity contribution in [2.75, 3.05) is 23.7 Å². The molecule has 2 aromatic carbocycles. The van der Waals surface area contributed by atoms with Crippen molar-refractivity contribution in [3.8, 4) is 0 Å². The zero-order chi connectivity index (χ0) is 18.4. The molecular weight excluding hydrogens is 367 g/mol. The second-order valence-electron chi connectivity index (χ2n) is 5.47. The van der Waals surface area contributed by atoms with Crippen LogP contribution in [0.4, 0.5) is 10.1 Å². The van der Waals surface area contributed by atoms with Gasteiger partial charge >= 0.3 is 0 Å². The summed E-state index contributed by atoms with van der Waals surface area (Å²) >= 11 is 5.81. The first-order valence-corrected chi connectivity index (χ1v) is 9.73. The fourth-order valence-electron chi connectivity index (χ4n) is 2.29. The van der Waals surface area contributed by atoms with E-state index < -0.39 is 15.8 Å². The van der Waals surface area contributed by atoms with E-state index in [1.54, 1.807) is 30.3 Å². The summed E-state index contributed by atoms with van der Waals surface area (Å²) in [5, 5.41) is 3.14. The van der Waals surface area contributed by atoms with Crippen molar-refractivity contribution in [1.82, 2.24) is 5.32 Å².